The van der Waals surface area contributed by atoms with E-state index in [1.807, 2.05) is 6.08 Å². The molecule has 1 aromatic rings. The minimum atomic E-state index is -0.774. The van der Waals surface area contributed by atoms with Crippen LogP contribution in [0.15, 0.2) is 21.4 Å². The molecule has 0 aromatic carbocycles. The van der Waals surface area contributed by atoms with Crippen LogP contribution in [0.1, 0.15) is 53.8 Å². The topological polar surface area (TPSA) is 67.5 Å². The number of aryl methyl sites for hydroxylation is 1. The van der Waals surface area contributed by atoms with Gasteiger partial charge in [0.05, 0.1) is 0 Å². The molecular formula is C16H20O4. The first-order valence-electron chi connectivity index (χ1n) is 7.06. The molecule has 0 spiro atoms. The third-order valence-electron chi connectivity index (χ3n) is 3.99. The summed E-state index contributed by atoms with van der Waals surface area (Å²) in [6.45, 7) is 3.21. The highest BCUT2D eigenvalue weighted by atomic mass is 16.4. The first-order valence-corrected chi connectivity index (χ1v) is 7.06. The van der Waals surface area contributed by atoms with Gasteiger partial charge in [-0.15, -0.1) is 0 Å². The zero-order chi connectivity index (χ0) is 14.7. The Morgan fingerprint density at radius 2 is 1.90 bits per heavy atom. The van der Waals surface area contributed by atoms with Gasteiger partial charge in [0.2, 0.25) is 0 Å². The van der Waals surface area contributed by atoms with Gasteiger partial charge in [-0.2, -0.15) is 0 Å². The van der Waals surface area contributed by atoms with Crippen molar-refractivity contribution in [3.8, 4) is 5.75 Å². The molecule has 1 heterocycles. The molecule has 20 heavy (non-hydrogen) atoms. The number of hydrogen-bond donors (Lipinski definition) is 1. The Bertz CT molecular complexity index is 589. The van der Waals surface area contributed by atoms with Crippen molar-refractivity contribution >= 4 is 5.78 Å². The minimum Gasteiger partial charge on any atom is -0.506 e. The van der Waals surface area contributed by atoms with E-state index in [1.165, 1.54) is 25.3 Å². The van der Waals surface area contributed by atoms with E-state index in [-0.39, 0.29) is 11.3 Å². The maximum atomic E-state index is 12.1. The summed E-state index contributed by atoms with van der Waals surface area (Å²) >= 11 is 0. The average molecular weight is 276 g/mol. The monoisotopic (exact) mass is 276 g/mol. The number of hydrogen-bond acceptors (Lipinski definition) is 4. The van der Waals surface area contributed by atoms with Crippen LogP contribution in [0.4, 0.5) is 0 Å². The van der Waals surface area contributed by atoms with Gasteiger partial charge in [-0.25, -0.2) is 4.79 Å². The highest BCUT2D eigenvalue weighted by Gasteiger charge is 2.19. The average Bonchev–Trinajstić information content (AvgIpc) is 2.44. The van der Waals surface area contributed by atoms with E-state index in [4.69, 9.17) is 4.42 Å². The zero-order valence-electron chi connectivity index (χ0n) is 11.9. The van der Waals surface area contributed by atoms with Crippen molar-refractivity contribution in [2.75, 3.05) is 0 Å². The van der Waals surface area contributed by atoms with Gasteiger partial charge in [0.1, 0.15) is 17.1 Å². The van der Waals surface area contributed by atoms with Crippen molar-refractivity contribution in [3.63, 3.8) is 0 Å². The summed E-state index contributed by atoms with van der Waals surface area (Å²) in [7, 11) is 0. The van der Waals surface area contributed by atoms with Crippen LogP contribution in [-0.4, -0.2) is 10.9 Å². The molecule has 0 saturated heterocycles. The summed E-state index contributed by atoms with van der Waals surface area (Å²) in [6.07, 6.45) is 9.03. The quantitative estimate of drug-likeness (QED) is 0.679. The maximum Gasteiger partial charge on any atom is 0.351 e. The van der Waals surface area contributed by atoms with Crippen LogP contribution in [0.25, 0.3) is 0 Å². The fourth-order valence-corrected chi connectivity index (χ4v) is 2.57. The van der Waals surface area contributed by atoms with Gasteiger partial charge in [-0.1, -0.05) is 25.3 Å². The molecule has 4 heteroatoms. The van der Waals surface area contributed by atoms with Gasteiger partial charge in [-0.3, -0.25) is 4.79 Å². The first kappa shape index (κ1) is 14.6. The molecule has 1 saturated carbocycles. The van der Waals surface area contributed by atoms with Gasteiger partial charge < -0.3 is 9.52 Å². The van der Waals surface area contributed by atoms with Gasteiger partial charge >= 0.3 is 5.63 Å². The van der Waals surface area contributed by atoms with Gasteiger partial charge in [-0.05, 0) is 38.7 Å². The minimum absolute atomic E-state index is 0.264. The fraction of sp³-hybridized carbons (Fsp3) is 0.500. The molecule has 2 rings (SSSR count). The van der Waals surface area contributed by atoms with Gasteiger partial charge in [0.15, 0.2) is 5.78 Å². The van der Waals surface area contributed by atoms with Crippen molar-refractivity contribution < 1.29 is 14.3 Å². The van der Waals surface area contributed by atoms with Crippen LogP contribution in [0.3, 0.4) is 0 Å². The van der Waals surface area contributed by atoms with Crippen LogP contribution in [0.5, 0.6) is 5.75 Å². The van der Waals surface area contributed by atoms with Crippen LogP contribution in [0.2, 0.25) is 0 Å². The summed E-state index contributed by atoms with van der Waals surface area (Å²) in [5, 5.41) is 9.95. The van der Waals surface area contributed by atoms with E-state index in [0.717, 1.165) is 12.8 Å². The largest absolute Gasteiger partial charge is 0.506 e. The molecule has 108 valence electrons. The molecule has 0 radical (unpaired) electrons. The predicted octanol–water partition coefficient (Wildman–Crippen LogP) is 3.28. The molecule has 1 N–H and O–H groups in total. The van der Waals surface area contributed by atoms with Crippen LogP contribution >= 0.6 is 0 Å². The number of ketones is 1. The predicted molar refractivity (Wildman–Crippen MR) is 76.2 cm³/mol. The second-order valence-corrected chi connectivity index (χ2v) is 5.42. The molecule has 4 nitrogen and oxygen atoms in total. The van der Waals surface area contributed by atoms with Gasteiger partial charge in [0.25, 0.3) is 0 Å². The van der Waals surface area contributed by atoms with Crippen molar-refractivity contribution in [2.45, 2.75) is 46.0 Å². The smallest absolute Gasteiger partial charge is 0.351 e. The second-order valence-electron chi connectivity index (χ2n) is 5.42. The van der Waals surface area contributed by atoms with E-state index in [9.17, 15) is 14.7 Å². The second kappa shape index (κ2) is 6.07. The third-order valence-corrected chi connectivity index (χ3v) is 3.99. The van der Waals surface area contributed by atoms with Crippen LogP contribution in [0, 0.1) is 19.8 Å². The molecule has 1 aliphatic carbocycles. The Morgan fingerprint density at radius 1 is 1.25 bits per heavy atom. The molecule has 1 aliphatic rings. The number of allylic oxidation sites excluding steroid dienone is 2. The molecule has 0 unspecified atom stereocenters. The van der Waals surface area contributed by atoms with E-state index >= 15 is 0 Å². The Hall–Kier alpha value is -1.84. The lowest BCUT2D eigenvalue weighted by Gasteiger charge is -2.17. The summed E-state index contributed by atoms with van der Waals surface area (Å²) in [5.41, 5.74) is -0.608. The summed E-state index contributed by atoms with van der Waals surface area (Å²) < 4.78 is 4.96. The standard InChI is InChI=1S/C16H20O4/c1-10-11(2)20-16(19)14(15(10)18)13(17)9-8-12-6-4-3-5-7-12/h8-9,12,18H,3-7H2,1-2H3/b9-8+. The number of aromatic hydroxyl groups is 1. The highest BCUT2D eigenvalue weighted by molar-refractivity contribution is 6.06. The van der Waals surface area contributed by atoms with Crippen molar-refractivity contribution in [1.82, 2.24) is 0 Å². The summed E-state index contributed by atoms with van der Waals surface area (Å²) in [6, 6.07) is 0. The van der Waals surface area contributed by atoms with Crippen molar-refractivity contribution in [2.24, 2.45) is 5.92 Å². The Labute approximate surface area is 118 Å². The molecule has 1 fully saturated rings. The van der Waals surface area contributed by atoms with Crippen LogP contribution < -0.4 is 5.63 Å². The maximum absolute atomic E-state index is 12.1. The molecule has 0 amide bonds. The van der Waals surface area contributed by atoms with Crippen molar-refractivity contribution in [3.05, 3.63) is 39.5 Å². The summed E-state index contributed by atoms with van der Waals surface area (Å²) in [5.74, 6) is -0.0179. The molecule has 0 atom stereocenters. The molecule has 0 aliphatic heterocycles. The van der Waals surface area contributed by atoms with E-state index in [2.05, 4.69) is 0 Å². The van der Waals surface area contributed by atoms with Crippen LogP contribution in [-0.2, 0) is 0 Å². The normalized spacial score (nSPS) is 16.7. The number of carbonyl (C=O) groups excluding carboxylic acids is 1. The Balaban J connectivity index is 2.23. The molecule has 0 bridgehead atoms. The third kappa shape index (κ3) is 3.00. The fourth-order valence-electron chi connectivity index (χ4n) is 2.57. The van der Waals surface area contributed by atoms with E-state index in [0.29, 0.717) is 17.2 Å². The zero-order valence-corrected chi connectivity index (χ0v) is 11.9. The Kier molecular flexibility index (Phi) is 4.42. The number of rotatable bonds is 3. The summed E-state index contributed by atoms with van der Waals surface area (Å²) in [4.78, 5) is 23.8. The Morgan fingerprint density at radius 3 is 2.55 bits per heavy atom. The SMILES string of the molecule is Cc1oc(=O)c(C(=O)/C=C/C2CCCCC2)c(O)c1C. The highest BCUT2D eigenvalue weighted by Crippen LogP contribution is 2.26. The van der Waals surface area contributed by atoms with E-state index in [1.54, 1.807) is 13.8 Å². The lowest BCUT2D eigenvalue weighted by molar-refractivity contribution is 0.103. The first-order chi connectivity index (χ1) is 9.50. The molecule has 1 aromatic heterocycles. The van der Waals surface area contributed by atoms with Crippen molar-refractivity contribution in [1.29, 1.82) is 0 Å². The number of carbonyl (C=O) groups is 1. The lowest BCUT2D eigenvalue weighted by atomic mass is 9.89. The van der Waals surface area contributed by atoms with Gasteiger partial charge in [0, 0.05) is 5.56 Å². The van der Waals surface area contributed by atoms with E-state index < -0.39 is 11.4 Å². The lowest BCUT2D eigenvalue weighted by Crippen LogP contribution is -2.15. The molecular weight excluding hydrogens is 256 g/mol.